The summed E-state index contributed by atoms with van der Waals surface area (Å²) in [4.78, 5) is 21.8. The van der Waals surface area contributed by atoms with Gasteiger partial charge in [0.25, 0.3) is 5.91 Å². The Balaban J connectivity index is 0.00000312. The monoisotopic (exact) mass is 359 g/mol. The van der Waals surface area contributed by atoms with Gasteiger partial charge in [0.1, 0.15) is 5.75 Å². The molecule has 130 valence electrons. The Bertz CT molecular complexity index is 778. The zero-order valence-corrected chi connectivity index (χ0v) is 14.1. The lowest BCUT2D eigenvalue weighted by atomic mass is 10.1. The number of halogens is 1. The van der Waals surface area contributed by atoms with Crippen LogP contribution in [0, 0.1) is 11.8 Å². The Hall–Kier alpha value is -3.01. The van der Waals surface area contributed by atoms with E-state index in [-0.39, 0.29) is 31.3 Å². The Morgan fingerprint density at radius 1 is 0.960 bits per heavy atom. The van der Waals surface area contributed by atoms with Crippen LogP contribution in [-0.2, 0) is 16.0 Å². The highest BCUT2D eigenvalue weighted by atomic mass is 35.5. The number of amides is 2. The number of nitrogens with one attached hydrogen (secondary N) is 1. The third kappa shape index (κ3) is 6.96. The zero-order valence-electron chi connectivity index (χ0n) is 13.3. The lowest BCUT2D eigenvalue weighted by Crippen LogP contribution is -2.31. The van der Waals surface area contributed by atoms with E-state index in [1.54, 1.807) is 24.3 Å². The average Bonchev–Trinajstić information content (AvgIpc) is 2.60. The lowest BCUT2D eigenvalue weighted by molar-refractivity contribution is -0.121. The second-order valence-corrected chi connectivity index (χ2v) is 4.97. The topological polar surface area (TPSA) is 107 Å². The van der Waals surface area contributed by atoms with Crippen molar-refractivity contribution in [3.05, 3.63) is 65.2 Å². The molecule has 0 aliphatic heterocycles. The highest BCUT2D eigenvalue weighted by Crippen LogP contribution is 2.11. The van der Waals surface area contributed by atoms with Crippen molar-refractivity contribution >= 4 is 24.2 Å². The molecule has 0 radical (unpaired) electrons. The molecule has 5 N–H and O–H groups in total. The first-order chi connectivity index (χ1) is 11.6. The Labute approximate surface area is 151 Å². The first-order valence-electron chi connectivity index (χ1n) is 7.18. The number of rotatable bonds is 5. The molecule has 0 aromatic heterocycles. The second kappa shape index (κ2) is 9.98. The first-order valence-corrected chi connectivity index (χ1v) is 7.18. The summed E-state index contributed by atoms with van der Waals surface area (Å²) in [5, 5.41) is 0. The zero-order chi connectivity index (χ0) is 17.4. The van der Waals surface area contributed by atoms with Gasteiger partial charge in [-0.3, -0.25) is 15.0 Å². The van der Waals surface area contributed by atoms with E-state index in [1.807, 2.05) is 24.3 Å². The molecule has 0 aliphatic rings. The van der Waals surface area contributed by atoms with Crippen LogP contribution in [0.15, 0.2) is 48.5 Å². The van der Waals surface area contributed by atoms with E-state index < -0.39 is 5.91 Å². The van der Waals surface area contributed by atoms with Gasteiger partial charge in [0.2, 0.25) is 5.91 Å². The van der Waals surface area contributed by atoms with Crippen molar-refractivity contribution in [2.75, 3.05) is 6.61 Å². The molecule has 6 nitrogen and oxygen atoms in total. The number of hydrogen-bond acceptors (Lipinski definition) is 4. The SMILES string of the molecule is Cl.NNC(=O)Cc1ccc(C#Cc2ccc(OCC(N)=O)cc2)cc1. The van der Waals surface area contributed by atoms with Gasteiger partial charge >= 0.3 is 0 Å². The van der Waals surface area contributed by atoms with E-state index in [9.17, 15) is 9.59 Å². The fourth-order valence-corrected chi connectivity index (χ4v) is 1.88. The average molecular weight is 360 g/mol. The molecule has 7 heteroatoms. The lowest BCUT2D eigenvalue weighted by Gasteiger charge is -2.02. The van der Waals surface area contributed by atoms with Crippen LogP contribution in [0.3, 0.4) is 0 Å². The number of benzene rings is 2. The van der Waals surface area contributed by atoms with E-state index in [0.29, 0.717) is 5.75 Å². The number of hydrogen-bond donors (Lipinski definition) is 3. The first kappa shape index (κ1) is 20.0. The van der Waals surface area contributed by atoms with E-state index in [0.717, 1.165) is 16.7 Å². The summed E-state index contributed by atoms with van der Waals surface area (Å²) in [6, 6.07) is 14.4. The van der Waals surface area contributed by atoms with Crippen LogP contribution in [0.25, 0.3) is 0 Å². The molecule has 0 saturated carbocycles. The maximum atomic E-state index is 11.2. The van der Waals surface area contributed by atoms with Gasteiger partial charge in [0.15, 0.2) is 6.61 Å². The van der Waals surface area contributed by atoms with Crippen LogP contribution in [0.5, 0.6) is 5.75 Å². The molecular weight excluding hydrogens is 342 g/mol. The number of hydrazine groups is 1. The van der Waals surface area contributed by atoms with Crippen LogP contribution < -0.4 is 21.7 Å². The molecule has 2 amide bonds. The predicted molar refractivity (Wildman–Crippen MR) is 96.8 cm³/mol. The van der Waals surface area contributed by atoms with Crippen LogP contribution in [0.4, 0.5) is 0 Å². The molecule has 0 unspecified atom stereocenters. The largest absolute Gasteiger partial charge is 0.484 e. The minimum Gasteiger partial charge on any atom is -0.484 e. The smallest absolute Gasteiger partial charge is 0.255 e. The molecule has 0 bridgehead atoms. The minimum absolute atomic E-state index is 0. The van der Waals surface area contributed by atoms with Gasteiger partial charge in [-0.15, -0.1) is 12.4 Å². The third-order valence-corrected chi connectivity index (χ3v) is 3.07. The van der Waals surface area contributed by atoms with Crippen molar-refractivity contribution in [1.29, 1.82) is 0 Å². The summed E-state index contributed by atoms with van der Waals surface area (Å²) in [6.45, 7) is -0.153. The Morgan fingerprint density at radius 3 is 1.96 bits per heavy atom. The molecule has 0 heterocycles. The van der Waals surface area contributed by atoms with Crippen molar-refractivity contribution in [2.24, 2.45) is 11.6 Å². The number of primary amides is 1. The standard InChI is InChI=1S/C18H17N3O3.ClH/c19-17(22)12-24-16-9-7-14(8-10-16)2-1-13-3-5-15(6-4-13)11-18(23)21-20;/h3-10H,11-12,20H2,(H2,19,22)(H,21,23);1H. The Morgan fingerprint density at radius 2 is 1.48 bits per heavy atom. The molecule has 0 fully saturated rings. The van der Waals surface area contributed by atoms with Crippen molar-refractivity contribution in [3.8, 4) is 17.6 Å². The van der Waals surface area contributed by atoms with Crippen LogP contribution in [0.2, 0.25) is 0 Å². The van der Waals surface area contributed by atoms with Crippen LogP contribution >= 0.6 is 12.4 Å². The van der Waals surface area contributed by atoms with Gasteiger partial charge in [-0.25, -0.2) is 5.84 Å². The number of carbonyl (C=O) groups is 2. The van der Waals surface area contributed by atoms with Gasteiger partial charge < -0.3 is 10.5 Å². The summed E-state index contributed by atoms with van der Waals surface area (Å²) in [7, 11) is 0. The highest BCUT2D eigenvalue weighted by Gasteiger charge is 2.00. The summed E-state index contributed by atoms with van der Waals surface area (Å²) < 4.78 is 5.17. The van der Waals surface area contributed by atoms with E-state index in [2.05, 4.69) is 17.3 Å². The molecule has 0 spiro atoms. The minimum atomic E-state index is -0.522. The summed E-state index contributed by atoms with van der Waals surface area (Å²) in [5.41, 5.74) is 9.61. The van der Waals surface area contributed by atoms with Gasteiger partial charge in [-0.1, -0.05) is 24.0 Å². The predicted octanol–water partition coefficient (Wildman–Crippen LogP) is 0.905. The maximum Gasteiger partial charge on any atom is 0.255 e. The maximum absolute atomic E-state index is 11.2. The molecule has 0 aliphatic carbocycles. The van der Waals surface area contributed by atoms with Gasteiger partial charge in [-0.05, 0) is 42.0 Å². The second-order valence-electron chi connectivity index (χ2n) is 4.97. The van der Waals surface area contributed by atoms with E-state index in [1.165, 1.54) is 0 Å². The normalized spacial score (nSPS) is 9.16. The van der Waals surface area contributed by atoms with E-state index in [4.69, 9.17) is 16.3 Å². The fraction of sp³-hybridized carbons (Fsp3) is 0.111. The van der Waals surface area contributed by atoms with Crippen molar-refractivity contribution in [1.82, 2.24) is 5.43 Å². The van der Waals surface area contributed by atoms with Gasteiger partial charge in [0, 0.05) is 11.1 Å². The van der Waals surface area contributed by atoms with Crippen molar-refractivity contribution in [3.63, 3.8) is 0 Å². The fourth-order valence-electron chi connectivity index (χ4n) is 1.88. The van der Waals surface area contributed by atoms with Crippen LogP contribution in [0.1, 0.15) is 16.7 Å². The summed E-state index contributed by atoms with van der Waals surface area (Å²) >= 11 is 0. The molecule has 2 aromatic carbocycles. The van der Waals surface area contributed by atoms with Crippen molar-refractivity contribution < 1.29 is 14.3 Å². The van der Waals surface area contributed by atoms with Gasteiger partial charge in [0.05, 0.1) is 6.42 Å². The Kier molecular flexibility index (Phi) is 8.00. The van der Waals surface area contributed by atoms with Gasteiger partial charge in [-0.2, -0.15) is 0 Å². The summed E-state index contributed by atoms with van der Waals surface area (Å²) in [5.74, 6) is 10.9. The van der Waals surface area contributed by atoms with Crippen molar-refractivity contribution in [2.45, 2.75) is 6.42 Å². The summed E-state index contributed by atoms with van der Waals surface area (Å²) in [6.07, 6.45) is 0.233. The molecule has 2 aromatic rings. The van der Waals surface area contributed by atoms with Crippen LogP contribution in [-0.4, -0.2) is 18.4 Å². The molecule has 2 rings (SSSR count). The molecule has 0 saturated heterocycles. The molecule has 0 atom stereocenters. The third-order valence-electron chi connectivity index (χ3n) is 3.07. The van der Waals surface area contributed by atoms with E-state index >= 15 is 0 Å². The number of ether oxygens (including phenoxy) is 1. The highest BCUT2D eigenvalue weighted by molar-refractivity contribution is 5.85. The number of nitrogens with two attached hydrogens (primary N) is 2. The number of carbonyl (C=O) groups excluding carboxylic acids is 2. The molecular formula is C18H18ClN3O3. The quantitative estimate of drug-likeness (QED) is 0.319. The molecule has 25 heavy (non-hydrogen) atoms.